The van der Waals surface area contributed by atoms with Gasteiger partial charge in [0.05, 0.1) is 6.04 Å². The number of rotatable bonds is 9. The highest BCUT2D eigenvalue weighted by atomic mass is 16.1. The quantitative estimate of drug-likeness (QED) is 0.442. The Kier molecular flexibility index (Phi) is 9.44. The zero-order chi connectivity index (χ0) is 9.94. The number of aldehydes is 1. The van der Waals surface area contributed by atoms with E-state index in [4.69, 9.17) is 0 Å². The molecule has 0 radical (unpaired) electrons. The maximum absolute atomic E-state index is 10.6. The Balaban J connectivity index is 3.31. The molecule has 0 aromatic rings. The van der Waals surface area contributed by atoms with Crippen LogP contribution in [0.15, 0.2) is 0 Å². The second-order valence-corrected chi connectivity index (χ2v) is 3.55. The third kappa shape index (κ3) is 7.97. The molecule has 0 aliphatic heterocycles. The van der Waals surface area contributed by atoms with Gasteiger partial charge < -0.3 is 10.1 Å². The fraction of sp³-hybridized carbons (Fsp3) is 0.909. The van der Waals surface area contributed by atoms with Crippen molar-refractivity contribution in [1.29, 1.82) is 0 Å². The van der Waals surface area contributed by atoms with E-state index in [2.05, 4.69) is 19.2 Å². The van der Waals surface area contributed by atoms with Gasteiger partial charge in [-0.3, -0.25) is 0 Å². The molecule has 2 heteroatoms. The van der Waals surface area contributed by atoms with Crippen molar-refractivity contribution in [3.05, 3.63) is 0 Å². The van der Waals surface area contributed by atoms with E-state index in [9.17, 15) is 4.79 Å². The van der Waals surface area contributed by atoms with Gasteiger partial charge in [0.15, 0.2) is 0 Å². The summed E-state index contributed by atoms with van der Waals surface area (Å²) in [6, 6.07) is 0.0943. The topological polar surface area (TPSA) is 29.1 Å². The third-order valence-corrected chi connectivity index (χ3v) is 2.22. The molecule has 2 nitrogen and oxygen atoms in total. The molecule has 0 fully saturated rings. The van der Waals surface area contributed by atoms with Crippen molar-refractivity contribution in [2.45, 2.75) is 58.4 Å². The Labute approximate surface area is 82.1 Å². The third-order valence-electron chi connectivity index (χ3n) is 2.22. The van der Waals surface area contributed by atoms with Gasteiger partial charge in [0.1, 0.15) is 6.29 Å². The van der Waals surface area contributed by atoms with E-state index >= 15 is 0 Å². The Morgan fingerprint density at radius 3 is 2.38 bits per heavy atom. The standard InChI is InChI=1S/C11H23NO/c1-3-5-7-9-12-11(10-13)8-6-4-2/h10-12H,3-9H2,1-2H3. The molecule has 0 heterocycles. The van der Waals surface area contributed by atoms with Crippen LogP contribution in [-0.2, 0) is 4.79 Å². The van der Waals surface area contributed by atoms with Crippen LogP contribution in [0.25, 0.3) is 0 Å². The van der Waals surface area contributed by atoms with Gasteiger partial charge in [-0.15, -0.1) is 0 Å². The van der Waals surface area contributed by atoms with Crippen LogP contribution < -0.4 is 5.32 Å². The van der Waals surface area contributed by atoms with Gasteiger partial charge in [0, 0.05) is 0 Å². The highest BCUT2D eigenvalue weighted by Crippen LogP contribution is 1.99. The van der Waals surface area contributed by atoms with E-state index in [0.717, 1.165) is 25.7 Å². The van der Waals surface area contributed by atoms with Gasteiger partial charge >= 0.3 is 0 Å². The molecule has 0 bridgehead atoms. The molecule has 1 unspecified atom stereocenters. The summed E-state index contributed by atoms with van der Waals surface area (Å²) >= 11 is 0. The first-order valence-electron chi connectivity index (χ1n) is 5.53. The van der Waals surface area contributed by atoms with E-state index in [1.807, 2.05) is 0 Å². The molecule has 13 heavy (non-hydrogen) atoms. The molecular formula is C11H23NO. The molecule has 0 aliphatic rings. The number of hydrogen-bond donors (Lipinski definition) is 1. The highest BCUT2D eigenvalue weighted by Gasteiger charge is 2.03. The lowest BCUT2D eigenvalue weighted by molar-refractivity contribution is -0.109. The second-order valence-electron chi connectivity index (χ2n) is 3.55. The van der Waals surface area contributed by atoms with Crippen LogP contribution in [0.2, 0.25) is 0 Å². The van der Waals surface area contributed by atoms with Crippen LogP contribution in [0, 0.1) is 0 Å². The van der Waals surface area contributed by atoms with Gasteiger partial charge in [0.25, 0.3) is 0 Å². The minimum atomic E-state index is 0.0943. The van der Waals surface area contributed by atoms with Crippen molar-refractivity contribution in [2.75, 3.05) is 6.54 Å². The average Bonchev–Trinajstić information content (AvgIpc) is 2.17. The summed E-state index contributed by atoms with van der Waals surface area (Å²) in [5.74, 6) is 0. The van der Waals surface area contributed by atoms with E-state index in [1.54, 1.807) is 0 Å². The van der Waals surface area contributed by atoms with Crippen molar-refractivity contribution in [1.82, 2.24) is 5.32 Å². The molecule has 78 valence electrons. The van der Waals surface area contributed by atoms with Crippen LogP contribution in [0.3, 0.4) is 0 Å². The maximum Gasteiger partial charge on any atom is 0.136 e. The molecule has 0 aliphatic carbocycles. The van der Waals surface area contributed by atoms with Crippen molar-refractivity contribution >= 4 is 6.29 Å². The first-order chi connectivity index (χ1) is 6.35. The van der Waals surface area contributed by atoms with Gasteiger partial charge in [-0.2, -0.15) is 0 Å². The molecule has 0 aromatic carbocycles. The van der Waals surface area contributed by atoms with E-state index < -0.39 is 0 Å². The fourth-order valence-corrected chi connectivity index (χ4v) is 1.30. The van der Waals surface area contributed by atoms with Crippen LogP contribution in [0.4, 0.5) is 0 Å². The summed E-state index contributed by atoms with van der Waals surface area (Å²) in [6.45, 7) is 5.33. The molecular weight excluding hydrogens is 162 g/mol. The first kappa shape index (κ1) is 12.6. The summed E-state index contributed by atoms with van der Waals surface area (Å²) in [4.78, 5) is 10.6. The van der Waals surface area contributed by atoms with Gasteiger partial charge in [-0.1, -0.05) is 39.5 Å². The number of carbonyl (C=O) groups excluding carboxylic acids is 1. The predicted molar refractivity (Wildman–Crippen MR) is 56.9 cm³/mol. The van der Waals surface area contributed by atoms with Crippen molar-refractivity contribution in [3.8, 4) is 0 Å². The van der Waals surface area contributed by atoms with Gasteiger partial charge in [0.2, 0.25) is 0 Å². The van der Waals surface area contributed by atoms with E-state index in [1.165, 1.54) is 25.7 Å². The van der Waals surface area contributed by atoms with Crippen molar-refractivity contribution in [2.24, 2.45) is 0 Å². The van der Waals surface area contributed by atoms with Gasteiger partial charge in [-0.05, 0) is 19.4 Å². The zero-order valence-corrected chi connectivity index (χ0v) is 9.01. The molecule has 0 saturated carbocycles. The number of unbranched alkanes of at least 4 members (excludes halogenated alkanes) is 3. The van der Waals surface area contributed by atoms with Crippen LogP contribution in [0.1, 0.15) is 52.4 Å². The lowest BCUT2D eigenvalue weighted by Gasteiger charge is -2.11. The number of nitrogens with one attached hydrogen (secondary N) is 1. The van der Waals surface area contributed by atoms with Crippen LogP contribution in [0.5, 0.6) is 0 Å². The molecule has 0 spiro atoms. The van der Waals surface area contributed by atoms with E-state index in [0.29, 0.717) is 0 Å². The normalized spacial score (nSPS) is 12.8. The molecule has 0 amide bonds. The summed E-state index contributed by atoms with van der Waals surface area (Å²) in [5, 5.41) is 3.27. The highest BCUT2D eigenvalue weighted by molar-refractivity contribution is 5.57. The second kappa shape index (κ2) is 9.72. The zero-order valence-electron chi connectivity index (χ0n) is 9.01. The summed E-state index contributed by atoms with van der Waals surface area (Å²) in [6.07, 6.45) is 8.03. The molecule has 1 N–H and O–H groups in total. The fourth-order valence-electron chi connectivity index (χ4n) is 1.30. The van der Waals surface area contributed by atoms with Crippen molar-refractivity contribution in [3.63, 3.8) is 0 Å². The first-order valence-corrected chi connectivity index (χ1v) is 5.53. The predicted octanol–water partition coefficient (Wildman–Crippen LogP) is 2.52. The van der Waals surface area contributed by atoms with Gasteiger partial charge in [-0.25, -0.2) is 0 Å². The smallest absolute Gasteiger partial charge is 0.136 e. The summed E-state index contributed by atoms with van der Waals surface area (Å²) in [7, 11) is 0. The minimum Gasteiger partial charge on any atom is -0.308 e. The maximum atomic E-state index is 10.6. The Hall–Kier alpha value is -0.370. The van der Waals surface area contributed by atoms with E-state index in [-0.39, 0.29) is 6.04 Å². The van der Waals surface area contributed by atoms with Crippen molar-refractivity contribution < 1.29 is 4.79 Å². The monoisotopic (exact) mass is 185 g/mol. The largest absolute Gasteiger partial charge is 0.308 e. The number of hydrogen-bond acceptors (Lipinski definition) is 2. The molecule has 0 aromatic heterocycles. The molecule has 0 rings (SSSR count). The Morgan fingerprint density at radius 1 is 1.15 bits per heavy atom. The minimum absolute atomic E-state index is 0.0943. The Bertz CT molecular complexity index is 115. The lowest BCUT2D eigenvalue weighted by Crippen LogP contribution is -2.31. The summed E-state index contributed by atoms with van der Waals surface area (Å²) in [5.41, 5.74) is 0. The van der Waals surface area contributed by atoms with Crippen LogP contribution in [-0.4, -0.2) is 18.9 Å². The SMILES string of the molecule is CCCCCNC(C=O)CCCC. The summed E-state index contributed by atoms with van der Waals surface area (Å²) < 4.78 is 0. The Morgan fingerprint density at radius 2 is 1.85 bits per heavy atom. The molecule has 1 atom stereocenters. The average molecular weight is 185 g/mol. The lowest BCUT2D eigenvalue weighted by atomic mass is 10.1. The van der Waals surface area contributed by atoms with Crippen LogP contribution >= 0.6 is 0 Å². The number of carbonyl (C=O) groups is 1. The molecule has 0 saturated heterocycles.